The lowest BCUT2D eigenvalue weighted by Gasteiger charge is -2.10. The molecule has 0 atom stereocenters. The van der Waals surface area contributed by atoms with Crippen LogP contribution in [0.2, 0.25) is 0 Å². The monoisotopic (exact) mass is 377 g/mol. The van der Waals surface area contributed by atoms with E-state index in [1.807, 2.05) is 0 Å². The van der Waals surface area contributed by atoms with Gasteiger partial charge in [0.1, 0.15) is 11.6 Å². The Bertz CT molecular complexity index is 701. The normalized spacial score (nSPS) is 10.4. The van der Waals surface area contributed by atoms with E-state index in [1.54, 1.807) is 0 Å². The van der Waals surface area contributed by atoms with Gasteiger partial charge in [0.15, 0.2) is 24.0 Å². The molecule has 0 bridgehead atoms. The average Bonchev–Trinajstić information content (AvgIpc) is 2.42. The van der Waals surface area contributed by atoms with Crippen molar-refractivity contribution in [3.8, 4) is 5.75 Å². The highest BCUT2D eigenvalue weighted by atomic mass is 79.9. The maximum atomic E-state index is 13.5. The predicted molar refractivity (Wildman–Crippen MR) is 74.5 cm³/mol. The zero-order valence-corrected chi connectivity index (χ0v) is 12.4. The van der Waals surface area contributed by atoms with Crippen LogP contribution in [-0.4, -0.2) is 12.5 Å². The number of carbonyl (C=O) groups excluding carboxylic acids is 1. The third-order valence-corrected chi connectivity index (χ3v) is 3.15. The lowest BCUT2D eigenvalue weighted by molar-refractivity contribution is -0.118. The minimum absolute atomic E-state index is 0.00585. The summed E-state index contributed by atoms with van der Waals surface area (Å²) in [5, 5.41) is 2.16. The highest BCUT2D eigenvalue weighted by Gasteiger charge is 2.14. The van der Waals surface area contributed by atoms with Crippen LogP contribution in [0.3, 0.4) is 0 Å². The minimum atomic E-state index is -0.979. The van der Waals surface area contributed by atoms with E-state index in [-0.39, 0.29) is 15.9 Å². The molecule has 0 saturated heterocycles. The van der Waals surface area contributed by atoms with Gasteiger partial charge in [-0.05, 0) is 34.1 Å². The molecule has 22 heavy (non-hydrogen) atoms. The summed E-state index contributed by atoms with van der Waals surface area (Å²) in [6.07, 6.45) is 0. The van der Waals surface area contributed by atoms with Crippen LogP contribution in [0.4, 0.5) is 23.2 Å². The van der Waals surface area contributed by atoms with Gasteiger partial charge in [0.25, 0.3) is 5.91 Å². The zero-order valence-electron chi connectivity index (χ0n) is 10.8. The Kier molecular flexibility index (Phi) is 5.02. The van der Waals surface area contributed by atoms with Crippen molar-refractivity contribution >= 4 is 27.5 Å². The quantitative estimate of drug-likeness (QED) is 0.817. The molecule has 2 aromatic rings. The van der Waals surface area contributed by atoms with Crippen LogP contribution in [0.15, 0.2) is 34.8 Å². The van der Waals surface area contributed by atoms with E-state index >= 15 is 0 Å². The van der Waals surface area contributed by atoms with Gasteiger partial charge >= 0.3 is 0 Å². The number of halogens is 5. The highest BCUT2D eigenvalue weighted by molar-refractivity contribution is 9.10. The Morgan fingerprint density at radius 3 is 2.36 bits per heavy atom. The number of benzene rings is 2. The molecular weight excluding hydrogens is 370 g/mol. The molecule has 0 radical (unpaired) electrons. The molecule has 0 aliphatic heterocycles. The Labute approximate surface area is 131 Å². The molecule has 1 N–H and O–H groups in total. The first kappa shape index (κ1) is 16.3. The summed E-state index contributed by atoms with van der Waals surface area (Å²) in [6, 6.07) is 4.16. The molecule has 8 heteroatoms. The Balaban J connectivity index is 2.02. The molecule has 0 saturated carbocycles. The number of ether oxygens (including phenoxy) is 1. The smallest absolute Gasteiger partial charge is 0.262 e. The maximum Gasteiger partial charge on any atom is 0.262 e. The van der Waals surface area contributed by atoms with Gasteiger partial charge in [0.2, 0.25) is 0 Å². The number of anilines is 1. The lowest BCUT2D eigenvalue weighted by atomic mass is 10.3. The topological polar surface area (TPSA) is 38.3 Å². The first-order chi connectivity index (χ1) is 10.4. The Hall–Kier alpha value is -2.09. The van der Waals surface area contributed by atoms with E-state index in [9.17, 15) is 22.4 Å². The molecule has 2 aromatic carbocycles. The first-order valence-corrected chi connectivity index (χ1v) is 6.68. The van der Waals surface area contributed by atoms with Crippen molar-refractivity contribution in [1.29, 1.82) is 0 Å². The van der Waals surface area contributed by atoms with Crippen LogP contribution in [0.25, 0.3) is 0 Å². The average molecular weight is 378 g/mol. The maximum absolute atomic E-state index is 13.5. The summed E-state index contributed by atoms with van der Waals surface area (Å²) in [7, 11) is 0. The standard InChI is InChI=1S/C14H8BrF4NO2/c15-9-3-8(17)5-11(19)14(9)20-13(21)6-22-12-2-1-7(16)4-10(12)18/h1-5H,6H2,(H,20,21). The summed E-state index contributed by atoms with van der Waals surface area (Å²) in [5.74, 6) is -4.67. The molecule has 0 aromatic heterocycles. The summed E-state index contributed by atoms with van der Waals surface area (Å²) in [6.45, 7) is -0.633. The second kappa shape index (κ2) is 6.78. The summed E-state index contributed by atoms with van der Waals surface area (Å²) in [4.78, 5) is 11.6. The van der Waals surface area contributed by atoms with Crippen molar-refractivity contribution in [3.05, 3.63) is 58.1 Å². The van der Waals surface area contributed by atoms with Crippen molar-refractivity contribution in [1.82, 2.24) is 0 Å². The van der Waals surface area contributed by atoms with Crippen molar-refractivity contribution in [3.63, 3.8) is 0 Å². The van der Waals surface area contributed by atoms with Crippen LogP contribution in [0, 0.1) is 23.3 Å². The second-order valence-electron chi connectivity index (χ2n) is 4.16. The van der Waals surface area contributed by atoms with Crippen LogP contribution in [0.5, 0.6) is 5.75 Å². The molecule has 0 aliphatic rings. The number of hydrogen-bond acceptors (Lipinski definition) is 2. The van der Waals surface area contributed by atoms with Crippen LogP contribution >= 0.6 is 15.9 Å². The van der Waals surface area contributed by atoms with E-state index in [4.69, 9.17) is 4.74 Å². The fraction of sp³-hybridized carbons (Fsp3) is 0.0714. The van der Waals surface area contributed by atoms with Gasteiger partial charge < -0.3 is 10.1 Å². The first-order valence-electron chi connectivity index (χ1n) is 5.89. The van der Waals surface area contributed by atoms with E-state index in [0.717, 1.165) is 18.2 Å². The second-order valence-corrected chi connectivity index (χ2v) is 5.01. The van der Waals surface area contributed by atoms with Gasteiger partial charge in [0, 0.05) is 16.6 Å². The SMILES string of the molecule is O=C(COc1ccc(F)cc1F)Nc1c(F)cc(F)cc1Br. The van der Waals surface area contributed by atoms with E-state index in [0.29, 0.717) is 12.1 Å². The van der Waals surface area contributed by atoms with Crippen LogP contribution < -0.4 is 10.1 Å². The molecular formula is C14H8BrF4NO2. The van der Waals surface area contributed by atoms with E-state index in [1.165, 1.54) is 0 Å². The predicted octanol–water partition coefficient (Wildman–Crippen LogP) is 4.02. The molecule has 1 amide bonds. The number of nitrogens with one attached hydrogen (secondary N) is 1. The number of rotatable bonds is 4. The van der Waals surface area contributed by atoms with Gasteiger partial charge in [-0.1, -0.05) is 0 Å². The summed E-state index contributed by atoms with van der Waals surface area (Å²) < 4.78 is 57.3. The van der Waals surface area contributed by atoms with Gasteiger partial charge in [-0.15, -0.1) is 0 Å². The van der Waals surface area contributed by atoms with Crippen LogP contribution in [-0.2, 0) is 4.79 Å². The van der Waals surface area contributed by atoms with Crippen molar-refractivity contribution in [2.75, 3.05) is 11.9 Å². The lowest BCUT2D eigenvalue weighted by Crippen LogP contribution is -2.21. The largest absolute Gasteiger partial charge is 0.481 e. The molecule has 0 heterocycles. The molecule has 116 valence electrons. The van der Waals surface area contributed by atoms with Gasteiger partial charge in [-0.25, -0.2) is 17.6 Å². The fourth-order valence-electron chi connectivity index (χ4n) is 1.57. The molecule has 0 aliphatic carbocycles. The van der Waals surface area contributed by atoms with Crippen molar-refractivity contribution < 1.29 is 27.1 Å². The van der Waals surface area contributed by atoms with Gasteiger partial charge in [0.05, 0.1) is 5.69 Å². The number of hydrogen-bond donors (Lipinski definition) is 1. The van der Waals surface area contributed by atoms with E-state index in [2.05, 4.69) is 21.2 Å². The number of carbonyl (C=O) groups is 1. The van der Waals surface area contributed by atoms with Crippen molar-refractivity contribution in [2.45, 2.75) is 0 Å². The molecule has 0 unspecified atom stereocenters. The van der Waals surface area contributed by atoms with Crippen molar-refractivity contribution in [2.24, 2.45) is 0 Å². The third-order valence-electron chi connectivity index (χ3n) is 2.52. The Morgan fingerprint density at radius 1 is 1.05 bits per heavy atom. The Morgan fingerprint density at radius 2 is 1.73 bits per heavy atom. The van der Waals surface area contributed by atoms with E-state index < -0.39 is 35.8 Å². The van der Waals surface area contributed by atoms with Gasteiger partial charge in [-0.3, -0.25) is 4.79 Å². The zero-order chi connectivity index (χ0) is 16.3. The summed E-state index contributed by atoms with van der Waals surface area (Å²) in [5.41, 5.74) is -0.269. The van der Waals surface area contributed by atoms with Crippen LogP contribution in [0.1, 0.15) is 0 Å². The fourth-order valence-corrected chi connectivity index (χ4v) is 2.08. The molecule has 2 rings (SSSR count). The molecule has 0 spiro atoms. The highest BCUT2D eigenvalue weighted by Crippen LogP contribution is 2.26. The molecule has 3 nitrogen and oxygen atoms in total. The summed E-state index contributed by atoms with van der Waals surface area (Å²) >= 11 is 2.90. The number of amides is 1. The molecule has 0 fully saturated rings. The van der Waals surface area contributed by atoms with Gasteiger partial charge in [-0.2, -0.15) is 0 Å². The third kappa shape index (κ3) is 3.97. The minimum Gasteiger partial charge on any atom is -0.481 e.